The number of halogens is 3. The molecule has 1 aromatic heterocycles. The van der Waals surface area contributed by atoms with Gasteiger partial charge in [-0.25, -0.2) is 0 Å². The van der Waals surface area contributed by atoms with Gasteiger partial charge in [0.25, 0.3) is 0 Å². The van der Waals surface area contributed by atoms with Crippen molar-refractivity contribution in [2.24, 2.45) is 5.73 Å². The number of furan rings is 1. The third kappa shape index (κ3) is 3.04. The highest BCUT2D eigenvalue weighted by atomic mass is 19.4. The van der Waals surface area contributed by atoms with Crippen LogP contribution in [0.2, 0.25) is 0 Å². The van der Waals surface area contributed by atoms with Gasteiger partial charge in [-0.15, -0.1) is 13.2 Å². The van der Waals surface area contributed by atoms with Gasteiger partial charge in [0.15, 0.2) is 0 Å². The van der Waals surface area contributed by atoms with Crippen LogP contribution in [0.15, 0.2) is 47.3 Å². The fourth-order valence-corrected chi connectivity index (χ4v) is 1.52. The molecule has 1 atom stereocenters. The van der Waals surface area contributed by atoms with E-state index in [9.17, 15) is 13.2 Å². The zero-order valence-corrected chi connectivity index (χ0v) is 9.15. The summed E-state index contributed by atoms with van der Waals surface area (Å²) in [4.78, 5) is 0. The molecule has 96 valence electrons. The van der Waals surface area contributed by atoms with Gasteiger partial charge in [-0.3, -0.25) is 0 Å². The predicted molar refractivity (Wildman–Crippen MR) is 57.9 cm³/mol. The monoisotopic (exact) mass is 257 g/mol. The van der Waals surface area contributed by atoms with E-state index in [-0.39, 0.29) is 5.75 Å². The third-order valence-corrected chi connectivity index (χ3v) is 2.38. The average Bonchev–Trinajstić information content (AvgIpc) is 2.80. The van der Waals surface area contributed by atoms with E-state index in [1.54, 1.807) is 6.07 Å². The van der Waals surface area contributed by atoms with Crippen molar-refractivity contribution in [3.8, 4) is 5.75 Å². The first-order valence-corrected chi connectivity index (χ1v) is 5.09. The van der Waals surface area contributed by atoms with E-state index in [1.807, 2.05) is 0 Å². The summed E-state index contributed by atoms with van der Waals surface area (Å²) in [6, 6.07) is 6.68. The molecular formula is C12H10F3NO2. The molecule has 0 bridgehead atoms. The van der Waals surface area contributed by atoms with E-state index in [0.29, 0.717) is 5.56 Å². The zero-order valence-electron chi connectivity index (χ0n) is 9.15. The lowest BCUT2D eigenvalue weighted by atomic mass is 10.0. The first-order chi connectivity index (χ1) is 8.46. The molecule has 2 N–H and O–H groups in total. The van der Waals surface area contributed by atoms with Crippen LogP contribution >= 0.6 is 0 Å². The molecule has 0 unspecified atom stereocenters. The first-order valence-electron chi connectivity index (χ1n) is 5.09. The lowest BCUT2D eigenvalue weighted by Crippen LogP contribution is -2.17. The van der Waals surface area contributed by atoms with Crippen LogP contribution in [0, 0.1) is 0 Å². The van der Waals surface area contributed by atoms with Crippen LogP contribution in [0.4, 0.5) is 13.2 Å². The minimum Gasteiger partial charge on any atom is -0.472 e. The lowest BCUT2D eigenvalue weighted by molar-refractivity contribution is -0.274. The maximum atomic E-state index is 12.0. The van der Waals surface area contributed by atoms with Crippen LogP contribution in [-0.2, 0) is 0 Å². The molecule has 2 rings (SSSR count). The zero-order chi connectivity index (χ0) is 13.2. The molecular weight excluding hydrogens is 247 g/mol. The van der Waals surface area contributed by atoms with E-state index < -0.39 is 12.4 Å². The Morgan fingerprint density at radius 2 is 1.72 bits per heavy atom. The number of ether oxygens (including phenoxy) is 1. The van der Waals surface area contributed by atoms with E-state index in [2.05, 4.69) is 4.74 Å². The minimum atomic E-state index is -4.69. The molecule has 0 spiro atoms. The van der Waals surface area contributed by atoms with E-state index in [4.69, 9.17) is 10.2 Å². The SMILES string of the molecule is N[C@H](c1ccc(OC(F)(F)F)cc1)c1ccoc1. The molecule has 0 radical (unpaired) electrons. The highest BCUT2D eigenvalue weighted by molar-refractivity contribution is 5.33. The Labute approximate surface area is 101 Å². The Morgan fingerprint density at radius 1 is 1.06 bits per heavy atom. The average molecular weight is 257 g/mol. The number of rotatable bonds is 3. The Balaban J connectivity index is 2.13. The maximum Gasteiger partial charge on any atom is 0.573 e. The smallest absolute Gasteiger partial charge is 0.472 e. The summed E-state index contributed by atoms with van der Waals surface area (Å²) in [6.07, 6.45) is -1.71. The molecule has 0 fully saturated rings. The molecule has 0 aliphatic heterocycles. The van der Waals surface area contributed by atoms with E-state index in [0.717, 1.165) is 5.56 Å². The molecule has 2 aromatic rings. The van der Waals surface area contributed by atoms with Gasteiger partial charge in [-0.05, 0) is 23.8 Å². The normalized spacial score (nSPS) is 13.3. The fraction of sp³-hybridized carbons (Fsp3) is 0.167. The Morgan fingerprint density at radius 3 is 2.22 bits per heavy atom. The summed E-state index contributed by atoms with van der Waals surface area (Å²) in [5.74, 6) is -0.273. The van der Waals surface area contributed by atoms with E-state index in [1.165, 1.54) is 36.8 Å². The van der Waals surface area contributed by atoms with Crippen LogP contribution < -0.4 is 10.5 Å². The number of hydrogen-bond donors (Lipinski definition) is 1. The van der Waals surface area contributed by atoms with Crippen molar-refractivity contribution >= 4 is 0 Å². The summed E-state index contributed by atoms with van der Waals surface area (Å²) in [6.45, 7) is 0. The highest BCUT2D eigenvalue weighted by Gasteiger charge is 2.31. The molecule has 18 heavy (non-hydrogen) atoms. The van der Waals surface area contributed by atoms with E-state index >= 15 is 0 Å². The molecule has 1 aromatic carbocycles. The van der Waals surface area contributed by atoms with Gasteiger partial charge in [0.1, 0.15) is 5.75 Å². The Bertz CT molecular complexity index is 491. The number of hydrogen-bond acceptors (Lipinski definition) is 3. The number of alkyl halides is 3. The van der Waals surface area contributed by atoms with Crippen LogP contribution in [0.1, 0.15) is 17.2 Å². The molecule has 0 aliphatic carbocycles. The second-order valence-corrected chi connectivity index (χ2v) is 3.65. The molecule has 0 amide bonds. The summed E-state index contributed by atoms with van der Waals surface area (Å²) in [5.41, 5.74) is 7.34. The predicted octanol–water partition coefficient (Wildman–Crippen LogP) is 3.23. The lowest BCUT2D eigenvalue weighted by Gasteiger charge is -2.12. The van der Waals surface area contributed by atoms with Gasteiger partial charge in [-0.1, -0.05) is 12.1 Å². The third-order valence-electron chi connectivity index (χ3n) is 2.38. The fourth-order valence-electron chi connectivity index (χ4n) is 1.52. The largest absolute Gasteiger partial charge is 0.573 e. The van der Waals surface area contributed by atoms with Crippen molar-refractivity contribution in [2.75, 3.05) is 0 Å². The van der Waals surface area contributed by atoms with Crippen molar-refractivity contribution < 1.29 is 22.3 Å². The van der Waals surface area contributed by atoms with Crippen LogP contribution in [0.25, 0.3) is 0 Å². The summed E-state index contributed by atoms with van der Waals surface area (Å²) in [7, 11) is 0. The first kappa shape index (κ1) is 12.5. The standard InChI is InChI=1S/C12H10F3NO2/c13-12(14,15)18-10-3-1-8(2-4-10)11(16)9-5-6-17-7-9/h1-7,11H,16H2/t11-/m1/s1. The van der Waals surface area contributed by atoms with Gasteiger partial charge in [0.2, 0.25) is 0 Å². The van der Waals surface area contributed by atoms with Crippen molar-refractivity contribution in [1.82, 2.24) is 0 Å². The summed E-state index contributed by atoms with van der Waals surface area (Å²) in [5, 5.41) is 0. The molecule has 1 heterocycles. The van der Waals surface area contributed by atoms with Gasteiger partial charge in [-0.2, -0.15) is 0 Å². The maximum absolute atomic E-state index is 12.0. The molecule has 0 aliphatic rings. The van der Waals surface area contributed by atoms with Gasteiger partial charge >= 0.3 is 6.36 Å². The van der Waals surface area contributed by atoms with Crippen LogP contribution in [-0.4, -0.2) is 6.36 Å². The molecule has 0 saturated carbocycles. The molecule has 6 heteroatoms. The minimum absolute atomic E-state index is 0.273. The topological polar surface area (TPSA) is 48.4 Å². The Hall–Kier alpha value is -1.95. The van der Waals surface area contributed by atoms with Gasteiger partial charge in [0, 0.05) is 5.56 Å². The van der Waals surface area contributed by atoms with Crippen LogP contribution in [0.3, 0.4) is 0 Å². The van der Waals surface area contributed by atoms with Crippen LogP contribution in [0.5, 0.6) is 5.75 Å². The van der Waals surface area contributed by atoms with Crippen molar-refractivity contribution in [3.63, 3.8) is 0 Å². The summed E-state index contributed by atoms with van der Waals surface area (Å²) < 4.78 is 44.6. The summed E-state index contributed by atoms with van der Waals surface area (Å²) >= 11 is 0. The van der Waals surface area contributed by atoms with Crippen molar-refractivity contribution in [2.45, 2.75) is 12.4 Å². The van der Waals surface area contributed by atoms with Crippen molar-refractivity contribution in [1.29, 1.82) is 0 Å². The van der Waals surface area contributed by atoms with Gasteiger partial charge < -0.3 is 14.9 Å². The quantitative estimate of drug-likeness (QED) is 0.918. The second kappa shape index (κ2) is 4.73. The van der Waals surface area contributed by atoms with Crippen molar-refractivity contribution in [3.05, 3.63) is 54.0 Å². The second-order valence-electron chi connectivity index (χ2n) is 3.65. The number of benzene rings is 1. The molecule has 0 saturated heterocycles. The highest BCUT2D eigenvalue weighted by Crippen LogP contribution is 2.26. The van der Waals surface area contributed by atoms with Gasteiger partial charge in [0.05, 0.1) is 18.6 Å². The molecule has 3 nitrogen and oxygen atoms in total. The Kier molecular flexibility index (Phi) is 3.29. The number of nitrogens with two attached hydrogens (primary N) is 1.